The average molecular weight is 334 g/mol. The minimum atomic E-state index is -3.53. The van der Waals surface area contributed by atoms with Crippen LogP contribution in [-0.4, -0.2) is 19.9 Å². The van der Waals surface area contributed by atoms with Crippen LogP contribution in [0.5, 0.6) is 0 Å². The van der Waals surface area contributed by atoms with E-state index in [1.54, 1.807) is 6.07 Å². The predicted octanol–water partition coefficient (Wildman–Crippen LogP) is 2.45. The van der Waals surface area contributed by atoms with Crippen molar-refractivity contribution in [1.82, 2.24) is 0 Å². The van der Waals surface area contributed by atoms with Crippen molar-refractivity contribution in [2.45, 2.75) is 35.8 Å². The first-order valence-electron chi connectivity index (χ1n) is 6.13. The van der Waals surface area contributed by atoms with Gasteiger partial charge in [-0.05, 0) is 35.7 Å². The Kier molecular flexibility index (Phi) is 4.01. The van der Waals surface area contributed by atoms with Crippen molar-refractivity contribution < 1.29 is 17.4 Å². The molecular formula is C13H14ClO4S2+. The predicted molar refractivity (Wildman–Crippen MR) is 78.1 cm³/mol. The molecule has 1 aliphatic carbocycles. The Balaban J connectivity index is 2.79. The molecule has 0 amide bonds. The van der Waals surface area contributed by atoms with Crippen LogP contribution in [0.25, 0.3) is 0 Å². The van der Waals surface area contributed by atoms with E-state index in [-0.39, 0.29) is 10.5 Å². The van der Waals surface area contributed by atoms with Gasteiger partial charge in [-0.3, -0.25) is 4.79 Å². The third-order valence-electron chi connectivity index (χ3n) is 3.55. The second kappa shape index (κ2) is 5.16. The molecule has 0 spiro atoms. The van der Waals surface area contributed by atoms with Crippen molar-refractivity contribution in [3.05, 3.63) is 28.8 Å². The molecule has 20 heavy (non-hydrogen) atoms. The van der Waals surface area contributed by atoms with E-state index in [2.05, 4.69) is 0 Å². The third-order valence-corrected chi connectivity index (χ3v) is 5.84. The van der Waals surface area contributed by atoms with Gasteiger partial charge in [0.25, 0.3) is 9.99 Å². The molecule has 0 aliphatic heterocycles. The van der Waals surface area contributed by atoms with Crippen molar-refractivity contribution in [2.24, 2.45) is 0 Å². The maximum Gasteiger partial charge on any atom is 0.470 e. The quantitative estimate of drug-likeness (QED) is 0.613. The van der Waals surface area contributed by atoms with Gasteiger partial charge < -0.3 is 0 Å². The molecule has 1 aromatic carbocycles. The first-order valence-corrected chi connectivity index (χ1v) is 9.14. The number of benzene rings is 1. The molecule has 1 fully saturated rings. The van der Waals surface area contributed by atoms with E-state index in [1.807, 2.05) is 6.92 Å². The smallest absolute Gasteiger partial charge is 0.276 e. The molecular weight excluding hydrogens is 320 g/mol. The van der Waals surface area contributed by atoms with Crippen LogP contribution in [0.15, 0.2) is 17.0 Å². The number of carbonyl (C=O) groups excluding carboxylic acids is 1. The van der Waals surface area contributed by atoms with E-state index < -0.39 is 19.8 Å². The molecule has 1 saturated carbocycles. The monoisotopic (exact) mass is 333 g/mol. The summed E-state index contributed by atoms with van der Waals surface area (Å²) in [7, 11) is -3.53. The highest BCUT2D eigenvalue weighted by Gasteiger charge is 2.61. The molecule has 0 bridgehead atoms. The minimum Gasteiger partial charge on any atom is -0.276 e. The molecule has 0 aromatic heterocycles. The largest absolute Gasteiger partial charge is 0.470 e. The average Bonchev–Trinajstić information content (AvgIpc) is 3.16. The van der Waals surface area contributed by atoms with Gasteiger partial charge in [0.2, 0.25) is 0 Å². The number of carbonyl (C=O) groups is 1. The Hall–Kier alpha value is -0.850. The molecule has 0 saturated heterocycles. The van der Waals surface area contributed by atoms with E-state index in [0.29, 0.717) is 42.1 Å². The molecule has 1 aromatic rings. The zero-order valence-electron chi connectivity index (χ0n) is 11.1. The molecule has 0 unspecified atom stereocenters. The standard InChI is InChI=1S/C13H14ClO4S2/c1-3-8-6-10(13(19-16)4-5-13)11(20(2,17)18)7-9(8)12(14)15/h6-7H,3-5H2,1-2H3/q+1. The van der Waals surface area contributed by atoms with Crippen molar-refractivity contribution >= 4 is 38.3 Å². The molecule has 4 nitrogen and oxygen atoms in total. The second-order valence-corrected chi connectivity index (χ2v) is 8.26. The summed E-state index contributed by atoms with van der Waals surface area (Å²) in [5.41, 5.74) is 1.39. The van der Waals surface area contributed by atoms with Gasteiger partial charge in [0.05, 0.1) is 4.90 Å². The summed E-state index contributed by atoms with van der Waals surface area (Å²) >= 11 is 5.95. The highest BCUT2D eigenvalue weighted by Crippen LogP contribution is 2.50. The summed E-state index contributed by atoms with van der Waals surface area (Å²) in [5.74, 6) is 0. The fraction of sp³-hybridized carbons (Fsp3) is 0.462. The maximum atomic E-state index is 12.0. The van der Waals surface area contributed by atoms with Crippen LogP contribution in [0.4, 0.5) is 0 Å². The Morgan fingerprint density at radius 1 is 1.40 bits per heavy atom. The van der Waals surface area contributed by atoms with Gasteiger partial charge in [-0.1, -0.05) is 6.92 Å². The highest BCUT2D eigenvalue weighted by atomic mass is 35.5. The summed E-state index contributed by atoms with van der Waals surface area (Å²) in [5, 5.41) is -0.682. The molecule has 0 N–H and O–H groups in total. The molecule has 0 atom stereocenters. The van der Waals surface area contributed by atoms with Crippen LogP contribution in [0.1, 0.15) is 41.3 Å². The Bertz CT molecular complexity index is 691. The number of halogens is 1. The molecule has 7 heteroatoms. The lowest BCUT2D eigenvalue weighted by atomic mass is 10.00. The van der Waals surface area contributed by atoms with Gasteiger partial charge in [-0.2, -0.15) is 0 Å². The first-order chi connectivity index (χ1) is 9.25. The minimum absolute atomic E-state index is 0.0413. The summed E-state index contributed by atoms with van der Waals surface area (Å²) in [6.45, 7) is 1.85. The van der Waals surface area contributed by atoms with Crippen molar-refractivity contribution in [2.75, 3.05) is 6.26 Å². The normalized spacial score (nSPS) is 16.8. The zero-order chi connectivity index (χ0) is 15.1. The maximum absolute atomic E-state index is 12.0. The fourth-order valence-electron chi connectivity index (χ4n) is 2.27. The Morgan fingerprint density at radius 2 is 2.00 bits per heavy atom. The van der Waals surface area contributed by atoms with Crippen LogP contribution in [0.3, 0.4) is 0 Å². The van der Waals surface area contributed by atoms with Crippen LogP contribution >= 0.6 is 11.6 Å². The van der Waals surface area contributed by atoms with Crippen LogP contribution < -0.4 is 0 Å². The second-order valence-electron chi connectivity index (χ2n) is 4.98. The van der Waals surface area contributed by atoms with Crippen molar-refractivity contribution in [1.29, 1.82) is 0 Å². The van der Waals surface area contributed by atoms with Crippen molar-refractivity contribution in [3.63, 3.8) is 0 Å². The van der Waals surface area contributed by atoms with Crippen LogP contribution in [0, 0.1) is 0 Å². The van der Waals surface area contributed by atoms with Gasteiger partial charge in [0.1, 0.15) is 0 Å². The Labute approximate surface area is 126 Å². The summed E-state index contributed by atoms with van der Waals surface area (Å²) < 4.78 is 34.6. The van der Waals surface area contributed by atoms with E-state index in [4.69, 9.17) is 11.6 Å². The lowest BCUT2D eigenvalue weighted by Crippen LogP contribution is -2.14. The van der Waals surface area contributed by atoms with E-state index >= 15 is 0 Å². The first kappa shape index (κ1) is 15.5. The van der Waals surface area contributed by atoms with Crippen LogP contribution in [0.2, 0.25) is 0 Å². The van der Waals surface area contributed by atoms with E-state index in [1.165, 1.54) is 6.07 Å². The topological polar surface area (TPSA) is 68.3 Å². The number of rotatable bonds is 5. The lowest BCUT2D eigenvalue weighted by Gasteiger charge is -2.12. The van der Waals surface area contributed by atoms with E-state index in [0.717, 1.165) is 6.26 Å². The molecule has 108 valence electrons. The lowest BCUT2D eigenvalue weighted by molar-refractivity contribution is 0.108. The number of hydrogen-bond donors (Lipinski definition) is 0. The molecule has 2 rings (SSSR count). The summed E-state index contributed by atoms with van der Waals surface area (Å²) in [4.78, 5) is 11.5. The van der Waals surface area contributed by atoms with Gasteiger partial charge in [-0.15, -0.1) is 0 Å². The molecule has 0 radical (unpaired) electrons. The van der Waals surface area contributed by atoms with Gasteiger partial charge in [0, 0.05) is 34.4 Å². The van der Waals surface area contributed by atoms with Crippen molar-refractivity contribution in [3.8, 4) is 0 Å². The number of hydrogen-bond acceptors (Lipinski definition) is 4. The molecule has 1 aliphatic rings. The zero-order valence-corrected chi connectivity index (χ0v) is 13.5. The third kappa shape index (κ3) is 2.64. The molecule has 0 heterocycles. The van der Waals surface area contributed by atoms with E-state index in [9.17, 15) is 17.4 Å². The number of sulfone groups is 1. The van der Waals surface area contributed by atoms with Gasteiger partial charge in [-0.25, -0.2) is 8.42 Å². The van der Waals surface area contributed by atoms with Crippen LogP contribution in [-0.2, 0) is 36.9 Å². The highest BCUT2D eigenvalue weighted by molar-refractivity contribution is 7.90. The number of aryl methyl sites for hydroxylation is 1. The fourth-order valence-corrected chi connectivity index (χ4v) is 4.03. The summed E-state index contributed by atoms with van der Waals surface area (Å²) in [6.07, 6.45) is 2.93. The SMILES string of the molecule is CCc1cc(C2([S+]=O)CC2)c(S(C)(=O)=O)cc1C(=O)Cl. The Morgan fingerprint density at radius 3 is 2.35 bits per heavy atom. The van der Waals surface area contributed by atoms with Gasteiger partial charge >= 0.3 is 11.7 Å². The van der Waals surface area contributed by atoms with Gasteiger partial charge in [0.15, 0.2) is 9.84 Å². The summed E-state index contributed by atoms with van der Waals surface area (Å²) in [6, 6.07) is 2.97.